The number of anilines is 3. The quantitative estimate of drug-likeness (QED) is 0.133. The molecule has 1 nitrogen and oxygen atoms in total. The van der Waals surface area contributed by atoms with Gasteiger partial charge in [0.05, 0.1) is 5.41 Å². The van der Waals surface area contributed by atoms with Crippen LogP contribution in [0.2, 0.25) is 0 Å². The topological polar surface area (TPSA) is 3.24 Å². The first-order valence-electron chi connectivity index (χ1n) is 21.2. The van der Waals surface area contributed by atoms with Gasteiger partial charge in [-0.2, -0.15) is 0 Å². The molecule has 0 saturated carbocycles. The van der Waals surface area contributed by atoms with Crippen LogP contribution in [-0.4, -0.2) is 0 Å². The molecule has 8 aromatic carbocycles. The van der Waals surface area contributed by atoms with Crippen LogP contribution >= 0.6 is 0 Å². The molecule has 2 aliphatic carbocycles. The molecule has 286 valence electrons. The molecule has 0 bridgehead atoms. The smallest absolute Gasteiger partial charge is 0.0713 e. The summed E-state index contributed by atoms with van der Waals surface area (Å²) >= 11 is 0. The van der Waals surface area contributed by atoms with Crippen molar-refractivity contribution in [1.29, 1.82) is 0 Å². The van der Waals surface area contributed by atoms with E-state index in [9.17, 15) is 0 Å². The van der Waals surface area contributed by atoms with E-state index in [2.05, 4.69) is 233 Å². The molecule has 59 heavy (non-hydrogen) atoms. The summed E-state index contributed by atoms with van der Waals surface area (Å²) in [6, 6.07) is 70.2. The van der Waals surface area contributed by atoms with Crippen LogP contribution in [0.25, 0.3) is 34.4 Å². The van der Waals surface area contributed by atoms with Gasteiger partial charge in [0, 0.05) is 22.5 Å². The summed E-state index contributed by atoms with van der Waals surface area (Å²) < 4.78 is 0. The number of aryl methyl sites for hydroxylation is 2. The maximum Gasteiger partial charge on any atom is 0.0713 e. The molecule has 0 fully saturated rings. The summed E-state index contributed by atoms with van der Waals surface area (Å²) in [5.74, 6) is 0. The highest BCUT2D eigenvalue weighted by Gasteiger charge is 2.46. The fraction of sp³-hybridized carbons (Fsp3) is 0.138. The predicted molar refractivity (Wildman–Crippen MR) is 250 cm³/mol. The van der Waals surface area contributed by atoms with Crippen molar-refractivity contribution in [3.63, 3.8) is 0 Å². The van der Waals surface area contributed by atoms with E-state index in [1.807, 2.05) is 0 Å². The first kappa shape index (κ1) is 36.6. The zero-order valence-electron chi connectivity index (χ0n) is 34.4. The number of fused-ring (bicyclic) bond motifs is 6. The summed E-state index contributed by atoms with van der Waals surface area (Å²) in [6.07, 6.45) is 6.74. The van der Waals surface area contributed by atoms with Crippen molar-refractivity contribution in [1.82, 2.24) is 0 Å². The van der Waals surface area contributed by atoms with E-state index < -0.39 is 5.41 Å². The van der Waals surface area contributed by atoms with Crippen LogP contribution in [0.15, 0.2) is 188 Å². The normalized spacial score (nSPS) is 14.1. The average molecular weight is 760 g/mol. The van der Waals surface area contributed by atoms with Gasteiger partial charge in [0.1, 0.15) is 0 Å². The van der Waals surface area contributed by atoms with Crippen molar-refractivity contribution in [3.8, 4) is 22.3 Å². The van der Waals surface area contributed by atoms with Crippen LogP contribution < -0.4 is 4.90 Å². The molecule has 0 aromatic heterocycles. The fourth-order valence-electron chi connectivity index (χ4n) is 10.4. The number of rotatable bonds is 9. The molecule has 0 radical (unpaired) electrons. The van der Waals surface area contributed by atoms with E-state index in [0.717, 1.165) is 12.8 Å². The highest BCUT2D eigenvalue weighted by atomic mass is 15.1. The van der Waals surface area contributed by atoms with Gasteiger partial charge in [0.25, 0.3) is 0 Å². The second-order valence-corrected chi connectivity index (χ2v) is 16.5. The summed E-state index contributed by atoms with van der Waals surface area (Å²) in [6.45, 7) is 9.04. The van der Waals surface area contributed by atoms with E-state index in [4.69, 9.17) is 0 Å². The van der Waals surface area contributed by atoms with Crippen LogP contribution in [-0.2, 0) is 10.8 Å². The third-order valence-corrected chi connectivity index (χ3v) is 13.4. The Morgan fingerprint density at radius 2 is 0.949 bits per heavy atom. The lowest BCUT2D eigenvalue weighted by Crippen LogP contribution is -2.28. The molecule has 0 heterocycles. The molecule has 0 amide bonds. The molecular formula is C58H49N. The van der Waals surface area contributed by atoms with Gasteiger partial charge in [-0.1, -0.05) is 189 Å². The lowest BCUT2D eigenvalue weighted by Gasteiger charge is -2.33. The Balaban J connectivity index is 1.07. The summed E-state index contributed by atoms with van der Waals surface area (Å²) in [5, 5.41) is 0. The van der Waals surface area contributed by atoms with Crippen molar-refractivity contribution in [3.05, 3.63) is 244 Å². The maximum absolute atomic E-state index is 2.48. The monoisotopic (exact) mass is 759 g/mol. The van der Waals surface area contributed by atoms with Crippen molar-refractivity contribution >= 4 is 29.2 Å². The number of hydrogen-bond donors (Lipinski definition) is 0. The van der Waals surface area contributed by atoms with Gasteiger partial charge in [0.15, 0.2) is 0 Å². The average Bonchev–Trinajstić information content (AvgIpc) is 3.75. The third-order valence-electron chi connectivity index (χ3n) is 13.4. The van der Waals surface area contributed by atoms with Crippen LogP contribution in [0.1, 0.15) is 82.3 Å². The molecule has 1 heteroatoms. The highest BCUT2D eigenvalue weighted by molar-refractivity contribution is 5.93. The minimum absolute atomic E-state index is 0.0886. The van der Waals surface area contributed by atoms with E-state index >= 15 is 0 Å². The molecule has 8 aromatic rings. The summed E-state index contributed by atoms with van der Waals surface area (Å²) in [4.78, 5) is 2.41. The van der Waals surface area contributed by atoms with Crippen LogP contribution in [0, 0.1) is 13.8 Å². The Morgan fingerprint density at radius 3 is 1.56 bits per heavy atom. The zero-order valence-corrected chi connectivity index (χ0v) is 34.4. The van der Waals surface area contributed by atoms with Gasteiger partial charge in [0.2, 0.25) is 0 Å². The molecule has 0 spiro atoms. The van der Waals surface area contributed by atoms with Crippen LogP contribution in [0.3, 0.4) is 0 Å². The molecule has 0 N–H and O–H groups in total. The molecular weight excluding hydrogens is 711 g/mol. The third kappa shape index (κ3) is 5.75. The molecule has 10 rings (SSSR count). The SMILES string of the molecule is CCC1(CC)c2cc(C=Cc3cccc4c3-c3ccccc3C4(c3ccccc3)c3ccccc3)ccc2-c2ccc(N(c3ccc(C)cc3)c3ccc(C)cc3)cc21. The minimum atomic E-state index is -0.410. The molecule has 0 unspecified atom stereocenters. The zero-order chi connectivity index (χ0) is 40.1. The van der Waals surface area contributed by atoms with E-state index in [1.165, 1.54) is 95.0 Å². The molecule has 0 atom stereocenters. The Kier molecular flexibility index (Phi) is 9.06. The van der Waals surface area contributed by atoms with E-state index in [1.54, 1.807) is 0 Å². The lowest BCUT2D eigenvalue weighted by molar-refractivity contribution is 0.490. The fourth-order valence-corrected chi connectivity index (χ4v) is 10.4. The Hall–Kier alpha value is -6.70. The Labute approximate surface area is 350 Å². The van der Waals surface area contributed by atoms with Gasteiger partial charge in [-0.3, -0.25) is 0 Å². The highest BCUT2D eigenvalue weighted by Crippen LogP contribution is 2.58. The first-order chi connectivity index (χ1) is 29.0. The summed E-state index contributed by atoms with van der Waals surface area (Å²) in [5.41, 5.74) is 21.4. The first-order valence-corrected chi connectivity index (χ1v) is 21.2. The standard InChI is InChI=1S/C58H49N/c1-5-57(6-2)54-38-42(29-36-49(54)50-37-35-48(39-55(50)57)59(46-31-24-40(3)25-32-46)47-33-26-41(4)27-34-47)28-30-43-16-15-23-53-56(43)51-21-13-14-22-52(51)58(53,44-17-9-7-10-18-44)45-19-11-8-12-20-45/h7-39H,5-6H2,1-4H3. The number of hydrogen-bond acceptors (Lipinski definition) is 1. The minimum Gasteiger partial charge on any atom is -0.310 e. The number of nitrogens with zero attached hydrogens (tertiary/aromatic N) is 1. The van der Waals surface area contributed by atoms with Crippen LogP contribution in [0.4, 0.5) is 17.1 Å². The van der Waals surface area contributed by atoms with Crippen molar-refractivity contribution < 1.29 is 0 Å². The molecule has 0 saturated heterocycles. The maximum atomic E-state index is 2.48. The van der Waals surface area contributed by atoms with Crippen molar-refractivity contribution in [2.45, 2.75) is 51.4 Å². The molecule has 2 aliphatic rings. The van der Waals surface area contributed by atoms with Crippen molar-refractivity contribution in [2.75, 3.05) is 4.90 Å². The van der Waals surface area contributed by atoms with Gasteiger partial charge >= 0.3 is 0 Å². The van der Waals surface area contributed by atoms with Gasteiger partial charge < -0.3 is 4.90 Å². The number of benzene rings is 8. The predicted octanol–water partition coefficient (Wildman–Crippen LogP) is 15.4. The largest absolute Gasteiger partial charge is 0.310 e. The Bertz CT molecular complexity index is 2760. The van der Waals surface area contributed by atoms with Gasteiger partial charge in [-0.05, 0) is 130 Å². The van der Waals surface area contributed by atoms with E-state index in [0.29, 0.717) is 0 Å². The second kappa shape index (κ2) is 14.6. The van der Waals surface area contributed by atoms with Crippen LogP contribution in [0.5, 0.6) is 0 Å². The van der Waals surface area contributed by atoms with Gasteiger partial charge in [-0.25, -0.2) is 0 Å². The van der Waals surface area contributed by atoms with E-state index in [-0.39, 0.29) is 5.41 Å². The Morgan fingerprint density at radius 1 is 0.424 bits per heavy atom. The van der Waals surface area contributed by atoms with Gasteiger partial charge in [-0.15, -0.1) is 0 Å². The second-order valence-electron chi connectivity index (χ2n) is 16.5. The summed E-state index contributed by atoms with van der Waals surface area (Å²) in [7, 11) is 0. The lowest BCUT2D eigenvalue weighted by atomic mass is 9.67. The molecule has 0 aliphatic heterocycles. The van der Waals surface area contributed by atoms with Crippen molar-refractivity contribution in [2.24, 2.45) is 0 Å².